The van der Waals surface area contributed by atoms with E-state index in [1.165, 1.54) is 17.7 Å². The van der Waals surface area contributed by atoms with Gasteiger partial charge in [0, 0.05) is 20.9 Å². The highest BCUT2D eigenvalue weighted by Gasteiger charge is 2.15. The summed E-state index contributed by atoms with van der Waals surface area (Å²) < 4.78 is 13.4. The third-order valence-electron chi connectivity index (χ3n) is 3.07. The quantitative estimate of drug-likeness (QED) is 0.619. The predicted molar refractivity (Wildman–Crippen MR) is 78.4 cm³/mol. The van der Waals surface area contributed by atoms with E-state index < -0.39 is 0 Å². The molecule has 92 valence electrons. The average Bonchev–Trinajstić information content (AvgIpc) is 2.54. The topological polar surface area (TPSA) is 0 Å². The maximum atomic E-state index is 13.4. The minimum Gasteiger partial charge on any atom is -0.207 e. The molecule has 1 aliphatic heterocycles. The Bertz CT molecular complexity index is 735. The van der Waals surface area contributed by atoms with E-state index in [1.54, 1.807) is 17.8 Å². The lowest BCUT2D eigenvalue weighted by Crippen LogP contribution is -1.86. The van der Waals surface area contributed by atoms with Crippen molar-refractivity contribution in [1.29, 1.82) is 0 Å². The first-order chi connectivity index (χ1) is 9.17. The van der Waals surface area contributed by atoms with Gasteiger partial charge in [-0.25, -0.2) is 4.39 Å². The Kier molecular flexibility index (Phi) is 2.93. The maximum Gasteiger partial charge on any atom is 0.123 e. The minimum atomic E-state index is -0.261. The van der Waals surface area contributed by atoms with Crippen LogP contribution in [0.4, 0.5) is 4.39 Å². The highest BCUT2D eigenvalue weighted by molar-refractivity contribution is 7.99. The Balaban J connectivity index is 2.28. The molecule has 0 saturated carbocycles. The smallest absolute Gasteiger partial charge is 0.123 e. The fraction of sp³-hybridized carbons (Fsp3) is 0.0588. The molecular formula is C17H11FS. The maximum absolute atomic E-state index is 13.4. The molecule has 0 aliphatic carbocycles. The second kappa shape index (κ2) is 4.60. The molecule has 2 aromatic rings. The molecule has 1 heterocycles. The molecule has 1 aliphatic rings. The highest BCUT2D eigenvalue weighted by Crippen LogP contribution is 2.40. The molecule has 0 atom stereocenters. The number of aryl methyl sites for hydroxylation is 1. The standard InChI is InChI=1S/C17H11FS/c1-3-12-9-13-8-11(2)4-6-16(13)19-17-7-5-14(18)10-15(12)17/h1,4-10H,2H3. The zero-order chi connectivity index (χ0) is 13.4. The summed E-state index contributed by atoms with van der Waals surface area (Å²) in [5.74, 6) is 2.41. The van der Waals surface area contributed by atoms with Crippen molar-refractivity contribution in [2.75, 3.05) is 0 Å². The normalized spacial score (nSPS) is 12.8. The van der Waals surface area contributed by atoms with E-state index in [4.69, 9.17) is 6.42 Å². The SMILES string of the molecule is C#CC1=Cc2cc(C)ccc2Sc2ccc(F)cc21. The third kappa shape index (κ3) is 2.18. The van der Waals surface area contributed by atoms with Gasteiger partial charge in [-0.05, 0) is 42.8 Å². The Morgan fingerprint density at radius 1 is 1.11 bits per heavy atom. The highest BCUT2D eigenvalue weighted by atomic mass is 32.2. The van der Waals surface area contributed by atoms with Crippen molar-refractivity contribution in [3.8, 4) is 12.3 Å². The zero-order valence-electron chi connectivity index (χ0n) is 10.4. The van der Waals surface area contributed by atoms with Gasteiger partial charge in [0.1, 0.15) is 5.82 Å². The van der Waals surface area contributed by atoms with E-state index in [0.717, 1.165) is 26.5 Å². The fourth-order valence-corrected chi connectivity index (χ4v) is 3.17. The van der Waals surface area contributed by atoms with Crippen LogP contribution < -0.4 is 0 Å². The average molecular weight is 266 g/mol. The van der Waals surface area contributed by atoms with Gasteiger partial charge >= 0.3 is 0 Å². The van der Waals surface area contributed by atoms with Crippen molar-refractivity contribution >= 4 is 23.4 Å². The number of benzene rings is 2. The molecule has 0 amide bonds. The number of rotatable bonds is 0. The molecule has 0 spiro atoms. The lowest BCUT2D eigenvalue weighted by molar-refractivity contribution is 0.626. The minimum absolute atomic E-state index is 0.261. The van der Waals surface area contributed by atoms with E-state index in [-0.39, 0.29) is 5.82 Å². The van der Waals surface area contributed by atoms with Gasteiger partial charge in [0.25, 0.3) is 0 Å². The number of hydrogen-bond donors (Lipinski definition) is 0. The second-order valence-electron chi connectivity index (χ2n) is 4.49. The second-order valence-corrected chi connectivity index (χ2v) is 5.57. The Morgan fingerprint density at radius 3 is 2.68 bits per heavy atom. The Hall–Kier alpha value is -1.98. The van der Waals surface area contributed by atoms with Crippen molar-refractivity contribution < 1.29 is 4.39 Å². The summed E-state index contributed by atoms with van der Waals surface area (Å²) in [6.07, 6.45) is 7.54. The summed E-state index contributed by atoms with van der Waals surface area (Å²) in [4.78, 5) is 2.14. The van der Waals surface area contributed by atoms with Crippen LogP contribution in [0.5, 0.6) is 0 Å². The van der Waals surface area contributed by atoms with Crippen molar-refractivity contribution in [3.05, 3.63) is 58.9 Å². The summed E-state index contributed by atoms with van der Waals surface area (Å²) >= 11 is 1.63. The van der Waals surface area contributed by atoms with Crippen LogP contribution in [0, 0.1) is 25.1 Å². The van der Waals surface area contributed by atoms with E-state index in [1.807, 2.05) is 13.0 Å². The van der Waals surface area contributed by atoms with Crippen LogP contribution in [-0.2, 0) is 0 Å². The van der Waals surface area contributed by atoms with Crippen LogP contribution in [-0.4, -0.2) is 0 Å². The molecule has 0 unspecified atom stereocenters. The van der Waals surface area contributed by atoms with Gasteiger partial charge in [-0.15, -0.1) is 6.42 Å². The molecule has 0 radical (unpaired) electrons. The Labute approximate surface area is 116 Å². The van der Waals surface area contributed by atoms with Gasteiger partial charge in [0.05, 0.1) is 0 Å². The van der Waals surface area contributed by atoms with Crippen LogP contribution in [0.25, 0.3) is 11.6 Å². The summed E-state index contributed by atoms with van der Waals surface area (Å²) in [5, 5.41) is 0. The van der Waals surface area contributed by atoms with Gasteiger partial charge in [-0.1, -0.05) is 35.4 Å². The van der Waals surface area contributed by atoms with Gasteiger partial charge in [-0.2, -0.15) is 0 Å². The third-order valence-corrected chi connectivity index (χ3v) is 4.24. The zero-order valence-corrected chi connectivity index (χ0v) is 11.2. The Morgan fingerprint density at radius 2 is 1.89 bits per heavy atom. The van der Waals surface area contributed by atoms with Crippen LogP contribution >= 0.6 is 11.8 Å². The van der Waals surface area contributed by atoms with Gasteiger partial charge in [0.2, 0.25) is 0 Å². The van der Waals surface area contributed by atoms with Crippen LogP contribution in [0.2, 0.25) is 0 Å². The molecular weight excluding hydrogens is 255 g/mol. The van der Waals surface area contributed by atoms with Gasteiger partial charge < -0.3 is 0 Å². The molecule has 3 rings (SSSR count). The summed E-state index contributed by atoms with van der Waals surface area (Å²) in [6, 6.07) is 11.0. The lowest BCUT2D eigenvalue weighted by atomic mass is 10.0. The van der Waals surface area contributed by atoms with Crippen LogP contribution in [0.15, 0.2) is 46.2 Å². The van der Waals surface area contributed by atoms with Crippen LogP contribution in [0.3, 0.4) is 0 Å². The number of halogens is 1. The summed E-state index contributed by atoms with van der Waals surface area (Å²) in [6.45, 7) is 2.05. The number of fused-ring (bicyclic) bond motifs is 2. The molecule has 2 heteroatoms. The van der Waals surface area contributed by atoms with E-state index in [2.05, 4.69) is 24.1 Å². The first-order valence-corrected chi connectivity index (χ1v) is 6.76. The van der Waals surface area contributed by atoms with Crippen molar-refractivity contribution in [1.82, 2.24) is 0 Å². The van der Waals surface area contributed by atoms with Crippen molar-refractivity contribution in [3.63, 3.8) is 0 Å². The molecule has 0 aromatic heterocycles. The lowest BCUT2D eigenvalue weighted by Gasteiger charge is -2.06. The number of hydrogen-bond acceptors (Lipinski definition) is 1. The fourth-order valence-electron chi connectivity index (χ4n) is 2.15. The molecule has 0 bridgehead atoms. The van der Waals surface area contributed by atoms with E-state index in [0.29, 0.717) is 0 Å². The first kappa shape index (κ1) is 12.1. The van der Waals surface area contributed by atoms with Crippen molar-refractivity contribution in [2.24, 2.45) is 0 Å². The molecule has 0 saturated heterocycles. The van der Waals surface area contributed by atoms with Gasteiger partial charge in [-0.3, -0.25) is 0 Å². The predicted octanol–water partition coefficient (Wildman–Crippen LogP) is 4.77. The molecule has 0 nitrogen and oxygen atoms in total. The molecule has 0 N–H and O–H groups in total. The first-order valence-electron chi connectivity index (χ1n) is 5.94. The summed E-state index contributed by atoms with van der Waals surface area (Å²) in [7, 11) is 0. The molecule has 19 heavy (non-hydrogen) atoms. The monoisotopic (exact) mass is 266 g/mol. The molecule has 0 fully saturated rings. The van der Waals surface area contributed by atoms with E-state index in [9.17, 15) is 4.39 Å². The van der Waals surface area contributed by atoms with E-state index >= 15 is 0 Å². The number of terminal acetylenes is 1. The molecule has 2 aromatic carbocycles. The van der Waals surface area contributed by atoms with Crippen molar-refractivity contribution in [2.45, 2.75) is 16.7 Å². The van der Waals surface area contributed by atoms with Crippen LogP contribution in [0.1, 0.15) is 16.7 Å². The van der Waals surface area contributed by atoms with Gasteiger partial charge in [0.15, 0.2) is 0 Å². The largest absolute Gasteiger partial charge is 0.207 e. The summed E-state index contributed by atoms with van der Waals surface area (Å²) in [5.41, 5.74) is 3.80. The number of allylic oxidation sites excluding steroid dienone is 1.